The van der Waals surface area contributed by atoms with Crippen LogP contribution < -0.4 is 0 Å². The van der Waals surface area contributed by atoms with Crippen molar-refractivity contribution in [2.75, 3.05) is 0 Å². The Kier molecular flexibility index (Phi) is 5.30. The normalized spacial score (nSPS) is 47.2. The minimum Gasteiger partial charge on any atom is -0.390 e. The first kappa shape index (κ1) is 20.9. The van der Waals surface area contributed by atoms with Gasteiger partial charge in [0.2, 0.25) is 0 Å². The molecule has 0 radical (unpaired) electrons. The van der Waals surface area contributed by atoms with Crippen LogP contribution in [0.5, 0.6) is 0 Å². The maximum absolute atomic E-state index is 12.1. The summed E-state index contributed by atoms with van der Waals surface area (Å²) in [5.74, 6) is 5.42. The number of carbonyl (C=O) groups is 1. The summed E-state index contributed by atoms with van der Waals surface area (Å²) in [6.07, 6.45) is 13.3. The van der Waals surface area contributed by atoms with Crippen LogP contribution in [0.15, 0.2) is 0 Å². The minimum atomic E-state index is -0.532. The standard InChI is InChI=1S/C26H44O2/c1-17(10-13-24(2,3)28)21-8-9-22-20-7-6-18-16-19(27)11-14-25(18,4)23(20)12-15-26(21,22)5/h17-18,20-23,28H,6-16H2,1-5H3/t17-,18?,20?,21?,22?,23?,25?,26?/m1/s1. The molecule has 0 saturated heterocycles. The first-order valence-electron chi connectivity index (χ1n) is 12.3. The van der Waals surface area contributed by atoms with Gasteiger partial charge >= 0.3 is 0 Å². The summed E-state index contributed by atoms with van der Waals surface area (Å²) < 4.78 is 0. The highest BCUT2D eigenvalue weighted by Crippen LogP contribution is 2.68. The van der Waals surface area contributed by atoms with Crippen molar-refractivity contribution in [3.63, 3.8) is 0 Å². The van der Waals surface area contributed by atoms with Crippen molar-refractivity contribution in [1.82, 2.24) is 0 Å². The molecule has 0 aromatic rings. The van der Waals surface area contributed by atoms with E-state index in [9.17, 15) is 9.90 Å². The molecule has 0 aliphatic heterocycles. The largest absolute Gasteiger partial charge is 0.390 e. The molecule has 0 amide bonds. The van der Waals surface area contributed by atoms with Crippen molar-refractivity contribution in [3.8, 4) is 0 Å². The third kappa shape index (κ3) is 3.40. The molecule has 28 heavy (non-hydrogen) atoms. The Morgan fingerprint density at radius 3 is 2.46 bits per heavy atom. The summed E-state index contributed by atoms with van der Waals surface area (Å²) in [4.78, 5) is 12.1. The number of fused-ring (bicyclic) bond motifs is 5. The maximum atomic E-state index is 12.1. The smallest absolute Gasteiger partial charge is 0.133 e. The minimum absolute atomic E-state index is 0.433. The number of rotatable bonds is 4. The summed E-state index contributed by atoms with van der Waals surface area (Å²) in [7, 11) is 0. The van der Waals surface area contributed by atoms with E-state index in [-0.39, 0.29) is 0 Å². The van der Waals surface area contributed by atoms with E-state index in [2.05, 4.69) is 20.8 Å². The van der Waals surface area contributed by atoms with E-state index in [4.69, 9.17) is 0 Å². The van der Waals surface area contributed by atoms with Crippen LogP contribution >= 0.6 is 0 Å². The molecule has 8 atom stereocenters. The van der Waals surface area contributed by atoms with Gasteiger partial charge in [-0.25, -0.2) is 0 Å². The van der Waals surface area contributed by atoms with Gasteiger partial charge in [-0.05, 0) is 118 Å². The second-order valence-electron chi connectivity index (χ2n) is 12.5. The fourth-order valence-corrected chi connectivity index (χ4v) is 8.80. The number of hydrogen-bond donors (Lipinski definition) is 1. The summed E-state index contributed by atoms with van der Waals surface area (Å²) in [5.41, 5.74) is 0.410. The van der Waals surface area contributed by atoms with E-state index in [0.717, 1.165) is 61.7 Å². The number of Topliss-reactive ketones (excluding diaryl/α,β-unsaturated/α-hetero) is 1. The van der Waals surface area contributed by atoms with Crippen molar-refractivity contribution in [1.29, 1.82) is 0 Å². The third-order valence-corrected chi connectivity index (χ3v) is 10.5. The third-order valence-electron chi connectivity index (χ3n) is 10.5. The Labute approximate surface area is 173 Å². The van der Waals surface area contributed by atoms with Gasteiger partial charge < -0.3 is 5.11 Å². The Morgan fingerprint density at radius 1 is 1.04 bits per heavy atom. The second kappa shape index (κ2) is 7.10. The topological polar surface area (TPSA) is 37.3 Å². The zero-order chi connectivity index (χ0) is 20.3. The van der Waals surface area contributed by atoms with Crippen molar-refractivity contribution >= 4 is 5.78 Å². The lowest BCUT2D eigenvalue weighted by Gasteiger charge is -2.60. The highest BCUT2D eigenvalue weighted by molar-refractivity contribution is 5.79. The Morgan fingerprint density at radius 2 is 1.75 bits per heavy atom. The zero-order valence-electron chi connectivity index (χ0n) is 19.1. The van der Waals surface area contributed by atoms with Crippen molar-refractivity contribution < 1.29 is 9.90 Å². The van der Waals surface area contributed by atoms with Gasteiger partial charge in [-0.1, -0.05) is 20.8 Å². The van der Waals surface area contributed by atoms with E-state index in [1.807, 2.05) is 13.8 Å². The van der Waals surface area contributed by atoms with Crippen LogP contribution in [-0.4, -0.2) is 16.5 Å². The van der Waals surface area contributed by atoms with Crippen LogP contribution in [0.25, 0.3) is 0 Å². The molecule has 0 aromatic heterocycles. The van der Waals surface area contributed by atoms with Gasteiger partial charge in [-0.2, -0.15) is 0 Å². The van der Waals surface area contributed by atoms with E-state index >= 15 is 0 Å². The summed E-state index contributed by atoms with van der Waals surface area (Å²) >= 11 is 0. The molecule has 2 nitrogen and oxygen atoms in total. The van der Waals surface area contributed by atoms with Crippen molar-refractivity contribution in [3.05, 3.63) is 0 Å². The summed E-state index contributed by atoms with van der Waals surface area (Å²) in [6, 6.07) is 0. The molecule has 4 fully saturated rings. The predicted octanol–water partition coefficient (Wildman–Crippen LogP) is 6.40. The van der Waals surface area contributed by atoms with Crippen molar-refractivity contribution in [2.45, 2.75) is 111 Å². The predicted molar refractivity (Wildman–Crippen MR) is 115 cm³/mol. The van der Waals surface area contributed by atoms with E-state index < -0.39 is 5.60 Å². The fraction of sp³-hybridized carbons (Fsp3) is 0.962. The summed E-state index contributed by atoms with van der Waals surface area (Å²) in [5, 5.41) is 10.2. The number of aliphatic hydroxyl groups is 1. The first-order chi connectivity index (χ1) is 13.0. The highest BCUT2D eigenvalue weighted by atomic mass is 16.3. The quantitative estimate of drug-likeness (QED) is 0.605. The molecule has 160 valence electrons. The molecular weight excluding hydrogens is 344 g/mol. The van der Waals surface area contributed by atoms with Crippen LogP contribution in [0.3, 0.4) is 0 Å². The van der Waals surface area contributed by atoms with Gasteiger partial charge in [0.15, 0.2) is 0 Å². The Balaban J connectivity index is 1.50. The average molecular weight is 389 g/mol. The molecule has 0 heterocycles. The highest BCUT2D eigenvalue weighted by Gasteiger charge is 2.60. The van der Waals surface area contributed by atoms with E-state index in [1.165, 1.54) is 38.5 Å². The molecule has 0 aromatic carbocycles. The van der Waals surface area contributed by atoms with Gasteiger partial charge in [0.25, 0.3) is 0 Å². The van der Waals surface area contributed by atoms with Crippen LogP contribution in [0.4, 0.5) is 0 Å². The molecule has 1 N–H and O–H groups in total. The molecular formula is C26H44O2. The van der Waals surface area contributed by atoms with Crippen LogP contribution in [0, 0.1) is 46.3 Å². The van der Waals surface area contributed by atoms with Crippen molar-refractivity contribution in [2.24, 2.45) is 46.3 Å². The zero-order valence-corrected chi connectivity index (χ0v) is 19.1. The average Bonchev–Trinajstić information content (AvgIpc) is 2.97. The Hall–Kier alpha value is -0.370. The fourth-order valence-electron chi connectivity index (χ4n) is 8.80. The molecule has 0 spiro atoms. The maximum Gasteiger partial charge on any atom is 0.133 e. The Bertz CT molecular complexity index is 604. The molecule has 4 aliphatic rings. The number of ketones is 1. The molecule has 7 unspecified atom stereocenters. The van der Waals surface area contributed by atoms with Gasteiger partial charge in [0.1, 0.15) is 5.78 Å². The molecule has 4 saturated carbocycles. The number of hydrogen-bond acceptors (Lipinski definition) is 2. The first-order valence-corrected chi connectivity index (χ1v) is 12.3. The lowest BCUT2D eigenvalue weighted by Crippen LogP contribution is -2.53. The van der Waals surface area contributed by atoms with Crippen LogP contribution in [0.2, 0.25) is 0 Å². The summed E-state index contributed by atoms with van der Waals surface area (Å²) in [6.45, 7) is 11.6. The molecule has 2 heteroatoms. The SMILES string of the molecule is C[C@H](CCC(C)(C)O)C1CCC2C3CCC4CC(=O)CCC4(C)C3CCC21C. The van der Waals surface area contributed by atoms with Gasteiger partial charge in [0.05, 0.1) is 5.60 Å². The second-order valence-corrected chi connectivity index (χ2v) is 12.5. The van der Waals surface area contributed by atoms with E-state index in [0.29, 0.717) is 22.5 Å². The molecule has 4 rings (SSSR count). The number of carbonyl (C=O) groups excluding carboxylic acids is 1. The van der Waals surface area contributed by atoms with Gasteiger partial charge in [-0.15, -0.1) is 0 Å². The monoisotopic (exact) mass is 388 g/mol. The van der Waals surface area contributed by atoms with Crippen LogP contribution in [0.1, 0.15) is 105 Å². The van der Waals surface area contributed by atoms with Gasteiger partial charge in [0, 0.05) is 12.8 Å². The lowest BCUT2D eigenvalue weighted by atomic mass is 9.44. The van der Waals surface area contributed by atoms with Crippen LogP contribution in [-0.2, 0) is 4.79 Å². The molecule has 0 bridgehead atoms. The molecule has 4 aliphatic carbocycles. The van der Waals surface area contributed by atoms with E-state index in [1.54, 1.807) is 0 Å². The lowest BCUT2D eigenvalue weighted by molar-refractivity contribution is -0.140. The van der Waals surface area contributed by atoms with Gasteiger partial charge in [-0.3, -0.25) is 4.79 Å².